The lowest BCUT2D eigenvalue weighted by molar-refractivity contribution is -0.140. The number of amides is 1. The molecule has 1 N–H and O–H groups in total. The van der Waals surface area contributed by atoms with E-state index in [-0.39, 0.29) is 11.3 Å². The molecule has 1 aliphatic rings. The minimum Gasteiger partial charge on any atom is -0.507 e. The highest BCUT2D eigenvalue weighted by atomic mass is 16.5. The molecule has 2 aromatic rings. The van der Waals surface area contributed by atoms with Gasteiger partial charge in [-0.15, -0.1) is 0 Å². The lowest BCUT2D eigenvalue weighted by atomic mass is 9.94. The summed E-state index contributed by atoms with van der Waals surface area (Å²) < 4.78 is 11.2. The Kier molecular flexibility index (Phi) is 9.31. The number of nitrogens with zero attached hydrogens (tertiary/aromatic N) is 2. The zero-order chi connectivity index (χ0) is 26.2. The Morgan fingerprint density at radius 3 is 2.36 bits per heavy atom. The van der Waals surface area contributed by atoms with Crippen molar-refractivity contribution in [1.29, 1.82) is 0 Å². The Bertz CT molecular complexity index is 1120. The van der Waals surface area contributed by atoms with E-state index in [0.717, 1.165) is 24.2 Å². The van der Waals surface area contributed by atoms with Crippen molar-refractivity contribution < 1.29 is 24.2 Å². The van der Waals surface area contributed by atoms with Crippen molar-refractivity contribution in [2.75, 3.05) is 39.4 Å². The van der Waals surface area contributed by atoms with Crippen LogP contribution in [-0.2, 0) is 9.59 Å². The number of ketones is 1. The first-order chi connectivity index (χ1) is 17.4. The van der Waals surface area contributed by atoms with Gasteiger partial charge in [0.2, 0.25) is 0 Å². The largest absolute Gasteiger partial charge is 0.507 e. The van der Waals surface area contributed by atoms with Gasteiger partial charge < -0.3 is 24.4 Å². The van der Waals surface area contributed by atoms with E-state index in [1.165, 1.54) is 0 Å². The lowest BCUT2D eigenvalue weighted by Gasteiger charge is -2.28. The Hall–Kier alpha value is -3.58. The minimum absolute atomic E-state index is 0.0860. The summed E-state index contributed by atoms with van der Waals surface area (Å²) >= 11 is 0. The third kappa shape index (κ3) is 5.79. The molecule has 7 heteroatoms. The fourth-order valence-electron chi connectivity index (χ4n) is 4.42. The number of likely N-dealkylation sites (N-methyl/N-ethyl adjacent to an activating group) is 1. The zero-order valence-corrected chi connectivity index (χ0v) is 21.6. The molecular weight excluding hydrogens is 456 g/mol. The number of hydrogen-bond donors (Lipinski definition) is 1. The average Bonchev–Trinajstić information content (AvgIpc) is 3.14. The van der Waals surface area contributed by atoms with E-state index in [0.29, 0.717) is 43.4 Å². The van der Waals surface area contributed by atoms with Crippen LogP contribution in [0.2, 0.25) is 0 Å². The maximum absolute atomic E-state index is 13.3. The molecule has 1 amide bonds. The highest BCUT2D eigenvalue weighted by Crippen LogP contribution is 2.40. The van der Waals surface area contributed by atoms with E-state index in [1.807, 2.05) is 26.0 Å². The molecule has 2 aromatic carbocycles. The zero-order valence-electron chi connectivity index (χ0n) is 21.6. The molecule has 0 unspecified atom stereocenters. The Balaban J connectivity index is 2.07. The second kappa shape index (κ2) is 12.4. The summed E-state index contributed by atoms with van der Waals surface area (Å²) in [4.78, 5) is 30.2. The number of rotatable bonds is 12. The third-order valence-electron chi connectivity index (χ3n) is 6.40. The molecule has 1 heterocycles. The number of aryl methyl sites for hydroxylation is 1. The van der Waals surface area contributed by atoms with Crippen LogP contribution in [0.1, 0.15) is 43.5 Å². The monoisotopic (exact) mass is 492 g/mol. The van der Waals surface area contributed by atoms with Crippen LogP contribution in [0, 0.1) is 6.92 Å². The Morgan fingerprint density at radius 2 is 1.78 bits per heavy atom. The van der Waals surface area contributed by atoms with Gasteiger partial charge in [0.25, 0.3) is 11.7 Å². The van der Waals surface area contributed by atoms with Crippen LogP contribution in [0.15, 0.2) is 60.7 Å². The van der Waals surface area contributed by atoms with E-state index < -0.39 is 17.7 Å². The predicted octanol–water partition coefficient (Wildman–Crippen LogP) is 4.72. The molecule has 1 atom stereocenters. The molecule has 0 aliphatic carbocycles. The highest BCUT2D eigenvalue weighted by Gasteiger charge is 2.46. The molecule has 36 heavy (non-hydrogen) atoms. The van der Waals surface area contributed by atoms with Gasteiger partial charge in [-0.05, 0) is 68.4 Å². The number of carbonyl (C=O) groups excluding carboxylic acids is 2. The van der Waals surface area contributed by atoms with E-state index in [1.54, 1.807) is 41.3 Å². The van der Waals surface area contributed by atoms with Gasteiger partial charge in [-0.1, -0.05) is 38.6 Å². The number of benzene rings is 2. The molecular formula is C29H36N2O5. The quantitative estimate of drug-likeness (QED) is 0.200. The lowest BCUT2D eigenvalue weighted by Crippen LogP contribution is -2.38. The molecule has 0 spiro atoms. The van der Waals surface area contributed by atoms with Crippen molar-refractivity contribution in [2.45, 2.75) is 33.7 Å². The number of aliphatic hydroxyl groups is 1. The van der Waals surface area contributed by atoms with Crippen LogP contribution >= 0.6 is 0 Å². The standard InChI is InChI=1S/C29H36N2O5/c1-6-18-36-23-13-10-21(11-14-23)26-25(27(32)22-12-15-24(35-9-4)20(5)19-22)28(33)29(34)31(26)17-16-30(7-2)8-3/h6,10-15,19,26,32H,1,7-9,16-18H2,2-5H3/t26-/m0/s1. The number of likely N-dealkylation sites (tertiary alicyclic amines) is 1. The van der Waals surface area contributed by atoms with E-state index in [9.17, 15) is 14.7 Å². The first kappa shape index (κ1) is 27.0. The molecule has 0 saturated carbocycles. The van der Waals surface area contributed by atoms with Gasteiger partial charge in [-0.25, -0.2) is 0 Å². The first-order valence-electron chi connectivity index (χ1n) is 12.4. The summed E-state index contributed by atoms with van der Waals surface area (Å²) in [5.74, 6) is -0.123. The van der Waals surface area contributed by atoms with Gasteiger partial charge in [0.1, 0.15) is 23.9 Å². The molecule has 1 fully saturated rings. The van der Waals surface area contributed by atoms with Gasteiger partial charge in [-0.2, -0.15) is 0 Å². The van der Waals surface area contributed by atoms with Crippen LogP contribution in [0.5, 0.6) is 11.5 Å². The summed E-state index contributed by atoms with van der Waals surface area (Å²) in [5, 5.41) is 11.3. The normalized spacial score (nSPS) is 17.0. The van der Waals surface area contributed by atoms with E-state index in [2.05, 4.69) is 25.3 Å². The predicted molar refractivity (Wildman–Crippen MR) is 141 cm³/mol. The number of carbonyl (C=O) groups is 2. The fraction of sp³-hybridized carbons (Fsp3) is 0.379. The third-order valence-corrected chi connectivity index (χ3v) is 6.40. The Morgan fingerprint density at radius 1 is 1.08 bits per heavy atom. The van der Waals surface area contributed by atoms with Crippen LogP contribution in [0.4, 0.5) is 0 Å². The topological polar surface area (TPSA) is 79.3 Å². The number of aliphatic hydroxyl groups excluding tert-OH is 1. The molecule has 1 aliphatic heterocycles. The number of Topliss-reactive ketones (excluding diaryl/α,β-unsaturated/α-hetero) is 1. The van der Waals surface area contributed by atoms with Crippen molar-refractivity contribution in [3.63, 3.8) is 0 Å². The molecule has 0 bridgehead atoms. The van der Waals surface area contributed by atoms with Gasteiger partial charge >= 0.3 is 0 Å². The second-order valence-corrected chi connectivity index (χ2v) is 8.60. The highest BCUT2D eigenvalue weighted by molar-refractivity contribution is 6.46. The SMILES string of the molecule is C=CCOc1ccc([C@H]2C(=C(O)c3ccc(OCC)c(C)c3)C(=O)C(=O)N2CCN(CC)CC)cc1. The van der Waals surface area contributed by atoms with Crippen molar-refractivity contribution in [3.05, 3.63) is 77.4 Å². The fourth-order valence-corrected chi connectivity index (χ4v) is 4.42. The van der Waals surface area contributed by atoms with Gasteiger partial charge in [-0.3, -0.25) is 9.59 Å². The second-order valence-electron chi connectivity index (χ2n) is 8.60. The number of hydrogen-bond acceptors (Lipinski definition) is 6. The van der Waals surface area contributed by atoms with Crippen molar-refractivity contribution >= 4 is 17.4 Å². The van der Waals surface area contributed by atoms with Crippen molar-refractivity contribution in [1.82, 2.24) is 9.80 Å². The van der Waals surface area contributed by atoms with Gasteiger partial charge in [0.15, 0.2) is 0 Å². The van der Waals surface area contributed by atoms with Crippen LogP contribution in [0.3, 0.4) is 0 Å². The summed E-state index contributed by atoms with van der Waals surface area (Å²) in [6.45, 7) is 15.1. The molecule has 0 radical (unpaired) electrons. The summed E-state index contributed by atoms with van der Waals surface area (Å²) in [6, 6.07) is 11.8. The van der Waals surface area contributed by atoms with Crippen LogP contribution in [0.25, 0.3) is 5.76 Å². The van der Waals surface area contributed by atoms with Gasteiger partial charge in [0, 0.05) is 18.7 Å². The van der Waals surface area contributed by atoms with Crippen LogP contribution in [-0.4, -0.2) is 66.0 Å². The first-order valence-corrected chi connectivity index (χ1v) is 12.4. The maximum Gasteiger partial charge on any atom is 0.295 e. The molecule has 0 aromatic heterocycles. The van der Waals surface area contributed by atoms with E-state index >= 15 is 0 Å². The van der Waals surface area contributed by atoms with Crippen molar-refractivity contribution in [2.24, 2.45) is 0 Å². The molecule has 3 rings (SSSR count). The summed E-state index contributed by atoms with van der Waals surface area (Å²) in [7, 11) is 0. The Labute approximate surface area is 213 Å². The average molecular weight is 493 g/mol. The van der Waals surface area contributed by atoms with Crippen molar-refractivity contribution in [3.8, 4) is 11.5 Å². The number of ether oxygens (including phenoxy) is 2. The molecule has 7 nitrogen and oxygen atoms in total. The van der Waals surface area contributed by atoms with Crippen LogP contribution < -0.4 is 9.47 Å². The van der Waals surface area contributed by atoms with Gasteiger partial charge in [0.05, 0.1) is 18.2 Å². The maximum atomic E-state index is 13.3. The smallest absolute Gasteiger partial charge is 0.295 e. The summed E-state index contributed by atoms with van der Waals surface area (Å²) in [6.07, 6.45) is 1.66. The molecule has 192 valence electrons. The molecule has 1 saturated heterocycles. The summed E-state index contributed by atoms with van der Waals surface area (Å²) in [5.41, 5.74) is 2.11. The van der Waals surface area contributed by atoms with E-state index in [4.69, 9.17) is 9.47 Å². The minimum atomic E-state index is -0.708.